The highest BCUT2D eigenvalue weighted by Crippen LogP contribution is 2.36. The summed E-state index contributed by atoms with van der Waals surface area (Å²) >= 11 is 5.92. The van der Waals surface area contributed by atoms with E-state index in [0.29, 0.717) is 46.4 Å². The van der Waals surface area contributed by atoms with Gasteiger partial charge < -0.3 is 25.6 Å². The summed E-state index contributed by atoms with van der Waals surface area (Å²) < 4.78 is 19.6. The van der Waals surface area contributed by atoms with Gasteiger partial charge in [-0.1, -0.05) is 17.7 Å². The second kappa shape index (κ2) is 12.6. The largest absolute Gasteiger partial charge is 0.491 e. The molecule has 0 atom stereocenters. The Kier molecular flexibility index (Phi) is 9.18. The molecule has 1 aromatic heterocycles. The topological polar surface area (TPSA) is 137 Å². The Labute approximate surface area is 235 Å². The number of benzene rings is 2. The molecule has 1 heterocycles. The average Bonchev–Trinajstić information content (AvgIpc) is 3.68. The van der Waals surface area contributed by atoms with Gasteiger partial charge in [-0.15, -0.1) is 0 Å². The molecule has 0 bridgehead atoms. The first-order chi connectivity index (χ1) is 19.0. The molecule has 10 nitrogen and oxygen atoms in total. The summed E-state index contributed by atoms with van der Waals surface area (Å²) in [6.45, 7) is 3.65. The zero-order chi connectivity index (χ0) is 28.9. The van der Waals surface area contributed by atoms with Crippen LogP contribution in [0.25, 0.3) is 10.9 Å². The number of aliphatic hydroxyl groups is 1. The fourth-order valence-corrected chi connectivity index (χ4v) is 4.19. The van der Waals surface area contributed by atoms with E-state index in [1.54, 1.807) is 26.0 Å². The van der Waals surface area contributed by atoms with Crippen LogP contribution in [0.2, 0.25) is 5.02 Å². The number of hydrogen-bond donors (Lipinski definition) is 4. The number of carbonyl (C=O) groups excluding carboxylic acids is 1. The van der Waals surface area contributed by atoms with Crippen molar-refractivity contribution in [1.82, 2.24) is 14.9 Å². The van der Waals surface area contributed by atoms with E-state index in [0.717, 1.165) is 12.8 Å². The van der Waals surface area contributed by atoms with Gasteiger partial charge in [0.2, 0.25) is 5.91 Å². The second-order valence-corrected chi connectivity index (χ2v) is 10.8. The first-order valence-corrected chi connectivity index (χ1v) is 13.1. The Morgan fingerprint density at radius 2 is 2.02 bits per heavy atom. The molecule has 1 amide bonds. The van der Waals surface area contributed by atoms with E-state index >= 15 is 0 Å². The molecule has 0 unspecified atom stereocenters. The van der Waals surface area contributed by atoms with Crippen LogP contribution < -0.4 is 15.4 Å². The van der Waals surface area contributed by atoms with Crippen molar-refractivity contribution in [1.29, 1.82) is 0 Å². The number of anilines is 3. The summed E-state index contributed by atoms with van der Waals surface area (Å²) in [7, 11) is 0. The van der Waals surface area contributed by atoms with Crippen LogP contribution in [0.5, 0.6) is 5.75 Å². The van der Waals surface area contributed by atoms with E-state index < -0.39 is 23.3 Å². The molecule has 4 N–H and O–H groups in total. The summed E-state index contributed by atoms with van der Waals surface area (Å²) in [6, 6.07) is 7.63. The number of carbonyl (C=O) groups is 2. The zero-order valence-corrected chi connectivity index (χ0v) is 22.9. The van der Waals surface area contributed by atoms with Gasteiger partial charge in [-0.25, -0.2) is 14.4 Å². The van der Waals surface area contributed by atoms with Crippen LogP contribution in [0.15, 0.2) is 48.8 Å². The number of fused-ring (bicyclic) bond motifs is 1. The van der Waals surface area contributed by atoms with Gasteiger partial charge in [0, 0.05) is 36.3 Å². The van der Waals surface area contributed by atoms with E-state index in [4.69, 9.17) is 21.4 Å². The molecule has 1 fully saturated rings. The summed E-state index contributed by atoms with van der Waals surface area (Å²) in [5.74, 6) is -0.688. The molecule has 1 aliphatic carbocycles. The third-order valence-electron chi connectivity index (χ3n) is 5.95. The molecule has 0 spiro atoms. The molecule has 2 aromatic carbocycles. The number of aromatic nitrogens is 2. The molecule has 0 aliphatic heterocycles. The van der Waals surface area contributed by atoms with Crippen molar-refractivity contribution in [3.8, 4) is 5.75 Å². The number of hydrogen-bond acceptors (Lipinski definition) is 8. The van der Waals surface area contributed by atoms with Crippen molar-refractivity contribution in [2.45, 2.75) is 32.3 Å². The number of aliphatic carboxylic acids is 1. The number of nitrogens with zero attached hydrogens (tertiary/aromatic N) is 3. The number of halogens is 2. The predicted molar refractivity (Wildman–Crippen MR) is 151 cm³/mol. The Balaban J connectivity index is 1.56. The molecule has 1 saturated carbocycles. The standard InChI is InChI=1S/C28H31ClFN5O5/c1-28(2,39)15-35(13-26(37)38)9-3-4-25(36)34-23-11-19-22(12-24(23)40-14-17-5-6-17)31-16-32-27(19)33-18-7-8-21(30)20(29)10-18/h3-4,7-8,10-12,16-17,39H,5-6,9,13-15H2,1-2H3,(H,34,36)(H,37,38)(H,31,32,33)/b4-3+. The number of ether oxygens (including phenoxy) is 1. The minimum atomic E-state index is -1.10. The predicted octanol–water partition coefficient (Wildman–Crippen LogP) is 4.61. The monoisotopic (exact) mass is 571 g/mol. The Morgan fingerprint density at radius 1 is 1.25 bits per heavy atom. The van der Waals surface area contributed by atoms with Gasteiger partial charge in [-0.3, -0.25) is 14.5 Å². The number of rotatable bonds is 13. The van der Waals surface area contributed by atoms with Crippen LogP contribution in [0.4, 0.5) is 21.6 Å². The molecular formula is C28H31ClFN5O5. The zero-order valence-electron chi connectivity index (χ0n) is 22.2. The average molecular weight is 572 g/mol. The van der Waals surface area contributed by atoms with Crippen LogP contribution in [-0.4, -0.2) is 68.8 Å². The summed E-state index contributed by atoms with van der Waals surface area (Å²) in [6.07, 6.45) is 6.40. The lowest BCUT2D eigenvalue weighted by atomic mass is 10.1. The second-order valence-electron chi connectivity index (χ2n) is 10.4. The Hall–Kier alpha value is -3.80. The van der Waals surface area contributed by atoms with Gasteiger partial charge in [0.1, 0.15) is 23.7 Å². The van der Waals surface area contributed by atoms with Gasteiger partial charge in [0.15, 0.2) is 0 Å². The lowest BCUT2D eigenvalue weighted by molar-refractivity contribution is -0.138. The molecule has 4 rings (SSSR count). The fraction of sp³-hybridized carbons (Fsp3) is 0.357. The van der Waals surface area contributed by atoms with E-state index in [1.807, 2.05) is 0 Å². The van der Waals surface area contributed by atoms with Crippen LogP contribution in [0.1, 0.15) is 26.7 Å². The quantitative estimate of drug-likeness (QED) is 0.217. The smallest absolute Gasteiger partial charge is 0.317 e. The first-order valence-electron chi connectivity index (χ1n) is 12.7. The molecule has 0 radical (unpaired) electrons. The normalized spacial score (nSPS) is 13.7. The van der Waals surface area contributed by atoms with Gasteiger partial charge in [-0.2, -0.15) is 0 Å². The minimum absolute atomic E-state index is 0.0386. The van der Waals surface area contributed by atoms with Crippen LogP contribution in [0, 0.1) is 11.7 Å². The number of nitrogens with one attached hydrogen (secondary N) is 2. The molecule has 40 heavy (non-hydrogen) atoms. The Morgan fingerprint density at radius 3 is 2.70 bits per heavy atom. The van der Waals surface area contributed by atoms with E-state index in [1.165, 1.54) is 41.6 Å². The summed E-state index contributed by atoms with van der Waals surface area (Å²) in [5.41, 5.74) is 0.390. The molecule has 1 aliphatic rings. The molecule has 0 saturated heterocycles. The van der Waals surface area contributed by atoms with Gasteiger partial charge in [0.25, 0.3) is 0 Å². The summed E-state index contributed by atoms with van der Waals surface area (Å²) in [5, 5.41) is 25.7. The van der Waals surface area contributed by atoms with Gasteiger partial charge in [-0.05, 0) is 56.9 Å². The lowest BCUT2D eigenvalue weighted by Crippen LogP contribution is -2.41. The van der Waals surface area contributed by atoms with Crippen molar-refractivity contribution >= 4 is 51.6 Å². The van der Waals surface area contributed by atoms with Crippen molar-refractivity contribution < 1.29 is 28.9 Å². The molecular weight excluding hydrogens is 541 g/mol. The highest BCUT2D eigenvalue weighted by molar-refractivity contribution is 6.31. The molecule has 12 heteroatoms. The van der Waals surface area contributed by atoms with Crippen molar-refractivity contribution in [3.05, 3.63) is 59.7 Å². The highest BCUT2D eigenvalue weighted by Gasteiger charge is 2.23. The Bertz CT molecular complexity index is 1420. The molecule has 3 aromatic rings. The minimum Gasteiger partial charge on any atom is -0.491 e. The SMILES string of the molecule is CC(C)(O)CN(C/C=C/C(=O)Nc1cc2c(Nc3ccc(F)c(Cl)c3)ncnc2cc1OCC1CC1)CC(=O)O. The maximum atomic E-state index is 13.6. The third-order valence-corrected chi connectivity index (χ3v) is 6.24. The van der Waals surface area contributed by atoms with E-state index in [2.05, 4.69) is 20.6 Å². The van der Waals surface area contributed by atoms with Gasteiger partial charge >= 0.3 is 5.97 Å². The van der Waals surface area contributed by atoms with E-state index in [9.17, 15) is 19.1 Å². The first kappa shape index (κ1) is 29.2. The maximum Gasteiger partial charge on any atom is 0.317 e. The lowest BCUT2D eigenvalue weighted by Gasteiger charge is -2.26. The van der Waals surface area contributed by atoms with Crippen molar-refractivity contribution in [3.63, 3.8) is 0 Å². The van der Waals surface area contributed by atoms with Crippen LogP contribution >= 0.6 is 11.6 Å². The maximum absolute atomic E-state index is 13.6. The van der Waals surface area contributed by atoms with Crippen LogP contribution in [-0.2, 0) is 9.59 Å². The number of carboxylic acid groups (broad SMARTS) is 1. The van der Waals surface area contributed by atoms with Crippen molar-refractivity contribution in [2.24, 2.45) is 5.92 Å². The number of carboxylic acids is 1. The summed E-state index contributed by atoms with van der Waals surface area (Å²) in [4.78, 5) is 34.2. The third kappa shape index (κ3) is 8.60. The van der Waals surface area contributed by atoms with E-state index in [-0.39, 0.29) is 24.7 Å². The highest BCUT2D eigenvalue weighted by atomic mass is 35.5. The van der Waals surface area contributed by atoms with Crippen molar-refractivity contribution in [2.75, 3.05) is 36.9 Å². The van der Waals surface area contributed by atoms with Crippen LogP contribution in [0.3, 0.4) is 0 Å². The number of amides is 1. The molecule has 212 valence electrons. The van der Waals surface area contributed by atoms with Gasteiger partial charge in [0.05, 0.1) is 35.0 Å². The fourth-order valence-electron chi connectivity index (χ4n) is 4.01.